The van der Waals surface area contributed by atoms with Crippen molar-refractivity contribution in [2.45, 2.75) is 58.3 Å². The molecule has 0 unspecified atom stereocenters. The van der Waals surface area contributed by atoms with Gasteiger partial charge < -0.3 is 16.0 Å². The largest absolute Gasteiger partial charge is 0.359 e. The maximum absolute atomic E-state index is 12.1. The molecule has 0 bridgehead atoms. The van der Waals surface area contributed by atoms with Crippen molar-refractivity contribution in [3.05, 3.63) is 47.6 Å². The predicted molar refractivity (Wildman–Crippen MR) is 132 cm³/mol. The predicted octanol–water partition coefficient (Wildman–Crippen LogP) is 1.79. The average Bonchev–Trinajstić information content (AvgIpc) is 3.35. The molecular formula is C26H35N3O6. The SMILES string of the molecule is CCC(=O)C1=CC=C(C(=O)NCCCC(=O)C=CC=CC(=O)NCCCC(=O)CCC(=O)NC)C1. The van der Waals surface area contributed by atoms with Crippen molar-refractivity contribution >= 4 is 35.1 Å². The number of carbonyl (C=O) groups is 6. The van der Waals surface area contributed by atoms with Crippen LogP contribution in [0.2, 0.25) is 0 Å². The number of rotatable bonds is 17. The second-order valence-electron chi connectivity index (χ2n) is 7.99. The van der Waals surface area contributed by atoms with E-state index in [4.69, 9.17) is 0 Å². The van der Waals surface area contributed by atoms with Crippen molar-refractivity contribution in [1.29, 1.82) is 0 Å². The summed E-state index contributed by atoms with van der Waals surface area (Å²) in [7, 11) is 1.52. The van der Waals surface area contributed by atoms with Crippen LogP contribution in [-0.4, -0.2) is 55.2 Å². The third-order valence-corrected chi connectivity index (χ3v) is 5.21. The molecule has 0 radical (unpaired) electrons. The van der Waals surface area contributed by atoms with Gasteiger partial charge in [-0.05, 0) is 24.5 Å². The zero-order valence-electron chi connectivity index (χ0n) is 20.5. The van der Waals surface area contributed by atoms with E-state index in [1.165, 1.54) is 31.4 Å². The summed E-state index contributed by atoms with van der Waals surface area (Å²) in [5, 5.41) is 7.85. The Hall–Kier alpha value is -3.62. The lowest BCUT2D eigenvalue weighted by Crippen LogP contribution is -2.26. The Morgan fingerprint density at radius 2 is 1.49 bits per heavy atom. The van der Waals surface area contributed by atoms with Gasteiger partial charge >= 0.3 is 0 Å². The molecule has 3 amide bonds. The second kappa shape index (κ2) is 16.9. The lowest BCUT2D eigenvalue weighted by Gasteiger charge is -2.06. The normalized spacial score (nSPS) is 12.9. The zero-order chi connectivity index (χ0) is 26.1. The van der Waals surface area contributed by atoms with Crippen LogP contribution in [0.3, 0.4) is 0 Å². The summed E-state index contributed by atoms with van der Waals surface area (Å²) in [5.74, 6) is -0.852. The van der Waals surface area contributed by atoms with Crippen molar-refractivity contribution < 1.29 is 28.8 Å². The van der Waals surface area contributed by atoms with E-state index < -0.39 is 0 Å². The standard InChI is InChI=1S/C26H35N3O6/c1-3-23(32)19-12-13-20(18-19)26(35)29-17-7-9-21(30)8-4-5-11-25(34)28-16-6-10-22(31)14-15-24(33)27-2/h4-5,8,11-13H,3,6-7,9-10,14-18H2,1-2H3,(H,27,33)(H,28,34)(H,29,35). The first-order chi connectivity index (χ1) is 16.8. The monoisotopic (exact) mass is 485 g/mol. The highest BCUT2D eigenvalue weighted by Gasteiger charge is 2.18. The minimum absolute atomic E-state index is 0.0235. The summed E-state index contributed by atoms with van der Waals surface area (Å²) in [6.45, 7) is 2.47. The van der Waals surface area contributed by atoms with Crippen LogP contribution in [0.1, 0.15) is 58.3 Å². The van der Waals surface area contributed by atoms with Gasteiger partial charge in [-0.25, -0.2) is 0 Å². The molecule has 1 aliphatic carbocycles. The van der Waals surface area contributed by atoms with Crippen LogP contribution in [0.5, 0.6) is 0 Å². The van der Waals surface area contributed by atoms with Crippen LogP contribution in [0.25, 0.3) is 0 Å². The quantitative estimate of drug-likeness (QED) is 0.163. The molecule has 0 atom stereocenters. The van der Waals surface area contributed by atoms with Crippen molar-refractivity contribution in [2.75, 3.05) is 20.1 Å². The summed E-state index contributed by atoms with van der Waals surface area (Å²) in [5.41, 5.74) is 1.19. The number of ketones is 3. The Kier molecular flexibility index (Phi) is 14.2. The molecule has 0 spiro atoms. The molecule has 1 rings (SSSR count). The van der Waals surface area contributed by atoms with Crippen molar-refractivity contribution in [3.8, 4) is 0 Å². The maximum atomic E-state index is 12.1. The van der Waals surface area contributed by atoms with Crippen LogP contribution in [-0.2, 0) is 28.8 Å². The molecule has 35 heavy (non-hydrogen) atoms. The van der Waals surface area contributed by atoms with E-state index >= 15 is 0 Å². The first-order valence-corrected chi connectivity index (χ1v) is 11.9. The summed E-state index contributed by atoms with van der Waals surface area (Å²) in [4.78, 5) is 70.1. The lowest BCUT2D eigenvalue weighted by molar-refractivity contribution is -0.125. The summed E-state index contributed by atoms with van der Waals surface area (Å²) in [6.07, 6.45) is 11.6. The third kappa shape index (κ3) is 13.0. The van der Waals surface area contributed by atoms with E-state index in [0.29, 0.717) is 56.3 Å². The fraction of sp³-hybridized carbons (Fsp3) is 0.462. The highest BCUT2D eigenvalue weighted by atomic mass is 16.2. The fourth-order valence-electron chi connectivity index (χ4n) is 3.13. The van der Waals surface area contributed by atoms with Crippen LogP contribution >= 0.6 is 0 Å². The van der Waals surface area contributed by atoms with E-state index in [2.05, 4.69) is 16.0 Å². The molecule has 0 aromatic heterocycles. The molecule has 1 aliphatic rings. The van der Waals surface area contributed by atoms with E-state index in [1.54, 1.807) is 19.1 Å². The van der Waals surface area contributed by atoms with Gasteiger partial charge in [0.1, 0.15) is 5.78 Å². The molecule has 9 nitrogen and oxygen atoms in total. The van der Waals surface area contributed by atoms with E-state index in [9.17, 15) is 28.8 Å². The van der Waals surface area contributed by atoms with Gasteiger partial charge in [0.2, 0.25) is 17.7 Å². The van der Waals surface area contributed by atoms with Crippen molar-refractivity contribution in [1.82, 2.24) is 16.0 Å². The number of allylic oxidation sites excluding steroid dienone is 6. The van der Waals surface area contributed by atoms with Gasteiger partial charge in [-0.3, -0.25) is 28.8 Å². The third-order valence-electron chi connectivity index (χ3n) is 5.21. The zero-order valence-corrected chi connectivity index (χ0v) is 20.5. The number of Topliss-reactive ketones (excluding diaryl/α,β-unsaturated/α-hetero) is 2. The fourth-order valence-corrected chi connectivity index (χ4v) is 3.13. The average molecular weight is 486 g/mol. The number of carbonyl (C=O) groups excluding carboxylic acids is 6. The van der Waals surface area contributed by atoms with Crippen molar-refractivity contribution in [3.63, 3.8) is 0 Å². The molecule has 0 fully saturated rings. The number of hydrogen-bond acceptors (Lipinski definition) is 6. The van der Waals surface area contributed by atoms with Crippen LogP contribution in [0.4, 0.5) is 0 Å². The molecule has 0 saturated heterocycles. The smallest absolute Gasteiger partial charge is 0.247 e. The van der Waals surface area contributed by atoms with Gasteiger partial charge in [0.15, 0.2) is 11.6 Å². The van der Waals surface area contributed by atoms with Gasteiger partial charge in [-0.2, -0.15) is 0 Å². The van der Waals surface area contributed by atoms with Crippen LogP contribution in [0.15, 0.2) is 47.6 Å². The first-order valence-electron chi connectivity index (χ1n) is 11.9. The summed E-state index contributed by atoms with van der Waals surface area (Å²) >= 11 is 0. The van der Waals surface area contributed by atoms with Gasteiger partial charge in [0, 0.05) is 70.3 Å². The molecule has 190 valence electrons. The maximum Gasteiger partial charge on any atom is 0.247 e. The lowest BCUT2D eigenvalue weighted by atomic mass is 10.1. The summed E-state index contributed by atoms with van der Waals surface area (Å²) < 4.78 is 0. The highest BCUT2D eigenvalue weighted by molar-refractivity contribution is 6.02. The molecule has 9 heteroatoms. The first kappa shape index (κ1) is 29.4. The Bertz CT molecular complexity index is 927. The van der Waals surface area contributed by atoms with Gasteiger partial charge in [0.25, 0.3) is 0 Å². The Morgan fingerprint density at radius 3 is 2.20 bits per heavy atom. The second-order valence-corrected chi connectivity index (χ2v) is 7.99. The van der Waals surface area contributed by atoms with Crippen LogP contribution < -0.4 is 16.0 Å². The number of nitrogens with one attached hydrogen (secondary N) is 3. The molecule has 0 saturated carbocycles. The minimum atomic E-state index is -0.331. The molecule has 0 aromatic carbocycles. The summed E-state index contributed by atoms with van der Waals surface area (Å²) in [6, 6.07) is 0. The van der Waals surface area contributed by atoms with Crippen LogP contribution in [0, 0.1) is 0 Å². The van der Waals surface area contributed by atoms with Gasteiger partial charge in [0.05, 0.1) is 0 Å². The molecule has 0 aliphatic heterocycles. The topological polar surface area (TPSA) is 139 Å². The van der Waals surface area contributed by atoms with E-state index in [-0.39, 0.29) is 54.3 Å². The number of hydrogen-bond donors (Lipinski definition) is 3. The molecule has 3 N–H and O–H groups in total. The van der Waals surface area contributed by atoms with Crippen molar-refractivity contribution in [2.24, 2.45) is 0 Å². The van der Waals surface area contributed by atoms with Gasteiger partial charge in [-0.1, -0.05) is 31.2 Å². The van der Waals surface area contributed by atoms with Gasteiger partial charge in [-0.15, -0.1) is 0 Å². The Balaban J connectivity index is 2.12. The molecule has 0 heterocycles. The molecule has 0 aromatic rings. The minimum Gasteiger partial charge on any atom is -0.359 e. The van der Waals surface area contributed by atoms with E-state index in [0.717, 1.165) is 0 Å². The van der Waals surface area contributed by atoms with E-state index in [1.807, 2.05) is 0 Å². The Morgan fingerprint density at radius 1 is 0.829 bits per heavy atom. The Labute approximate surface area is 206 Å². The highest BCUT2D eigenvalue weighted by Crippen LogP contribution is 2.20. The molecular weight excluding hydrogens is 450 g/mol. The number of amides is 3.